The molecular weight excluding hydrogens is 306 g/mol. The van der Waals surface area contributed by atoms with E-state index in [2.05, 4.69) is 5.73 Å². The summed E-state index contributed by atoms with van der Waals surface area (Å²) in [5.41, 5.74) is 2.87. The smallest absolute Gasteiger partial charge is 0.323 e. The third kappa shape index (κ3) is 6.22. The largest absolute Gasteiger partial charge is 0.462 e. The van der Waals surface area contributed by atoms with Crippen molar-refractivity contribution in [3.8, 4) is 0 Å². The van der Waals surface area contributed by atoms with Crippen LogP contribution in [-0.4, -0.2) is 75.2 Å². The Morgan fingerprint density at radius 2 is 1.74 bits per heavy atom. The lowest BCUT2D eigenvalue weighted by Gasteiger charge is -2.25. The van der Waals surface area contributed by atoms with Crippen molar-refractivity contribution in [3.63, 3.8) is 0 Å². The van der Waals surface area contributed by atoms with Gasteiger partial charge in [-0.05, 0) is 12.0 Å². The third-order valence-electron chi connectivity index (χ3n) is 3.29. The molecule has 0 fully saturated rings. The summed E-state index contributed by atoms with van der Waals surface area (Å²) in [4.78, 5) is 11.9. The molecule has 0 radical (unpaired) electrons. The van der Waals surface area contributed by atoms with E-state index in [0.717, 1.165) is 5.56 Å². The van der Waals surface area contributed by atoms with Crippen molar-refractivity contribution < 1.29 is 36.5 Å². The van der Waals surface area contributed by atoms with Crippen LogP contribution >= 0.6 is 0 Å². The van der Waals surface area contributed by atoms with Crippen molar-refractivity contribution in [3.05, 3.63) is 35.9 Å². The first kappa shape index (κ1) is 17.8. The molecule has 1 aromatic carbocycles. The van der Waals surface area contributed by atoms with E-state index < -0.39 is 49.6 Å². The molecule has 0 saturated carbocycles. The van der Waals surface area contributed by atoms with Crippen molar-refractivity contribution in [2.75, 3.05) is 13.2 Å². The fourth-order valence-electron chi connectivity index (χ4n) is 1.86. The first-order chi connectivity index (χ1) is 11.4. The van der Waals surface area contributed by atoms with E-state index in [0.29, 0.717) is 0 Å². The van der Waals surface area contributed by atoms with E-state index in [9.17, 15) is 25.2 Å². The molecule has 0 aliphatic heterocycles. The second-order valence-corrected chi connectivity index (χ2v) is 5.17. The lowest BCUT2D eigenvalue weighted by Crippen LogP contribution is -2.48. The minimum absolute atomic E-state index is 0.202. The maximum absolute atomic E-state index is 11.9. The summed E-state index contributed by atoms with van der Waals surface area (Å²) in [5.74, 6) is -0.808. The fourth-order valence-corrected chi connectivity index (χ4v) is 1.86. The van der Waals surface area contributed by atoms with Gasteiger partial charge in [-0.2, -0.15) is 0 Å². The lowest BCUT2D eigenvalue weighted by molar-refractivity contribution is -0.157. The number of ether oxygens (including phenoxy) is 1. The average Bonchev–Trinajstić information content (AvgIpc) is 2.62. The van der Waals surface area contributed by atoms with E-state index in [1.54, 1.807) is 24.3 Å². The van der Waals surface area contributed by atoms with Crippen molar-refractivity contribution in [1.29, 1.82) is 0 Å². The molecule has 8 nitrogen and oxygen atoms in total. The monoisotopic (exact) mass is 330 g/mol. The molecule has 130 valence electrons. The van der Waals surface area contributed by atoms with Crippen molar-refractivity contribution in [2.45, 2.75) is 36.9 Å². The molecule has 7 N–H and O–H groups in total. The second kappa shape index (κ2) is 9.56. The van der Waals surface area contributed by atoms with Gasteiger partial charge < -0.3 is 36.0 Å². The van der Waals surface area contributed by atoms with Crippen LogP contribution in [0, 0.1) is 0 Å². The predicted molar refractivity (Wildman–Crippen MR) is 80.2 cm³/mol. The molecule has 0 aliphatic carbocycles. The Kier molecular flexibility index (Phi) is 7.40. The van der Waals surface area contributed by atoms with Crippen LogP contribution in [0.4, 0.5) is 0 Å². The molecule has 0 amide bonds. The minimum Gasteiger partial charge on any atom is -0.462 e. The van der Waals surface area contributed by atoms with E-state index in [4.69, 9.17) is 11.3 Å². The number of carbonyl (C=O) groups is 1. The molecule has 0 unspecified atom stereocenters. The number of benzene rings is 1. The summed E-state index contributed by atoms with van der Waals surface area (Å²) < 4.78 is 12.0. The molecule has 0 spiro atoms. The molecule has 23 heavy (non-hydrogen) atoms. The predicted octanol–water partition coefficient (Wildman–Crippen LogP) is -2.46. The Bertz CT molecular complexity index is 490. The molecule has 1 rings (SSSR count). The topological polar surface area (TPSA) is 153 Å². The summed E-state index contributed by atoms with van der Waals surface area (Å²) in [7, 11) is 0. The SMILES string of the molecule is [2H]N[C@@H](Cc1ccccc1)C(=O)OC[C@@H](O)[C@@H](O)[C@H](O)[C@H](O)CO. The van der Waals surface area contributed by atoms with E-state index in [1.165, 1.54) is 0 Å². The van der Waals surface area contributed by atoms with Gasteiger partial charge in [-0.15, -0.1) is 0 Å². The Morgan fingerprint density at radius 1 is 1.13 bits per heavy atom. The highest BCUT2D eigenvalue weighted by Crippen LogP contribution is 2.07. The Morgan fingerprint density at radius 3 is 2.30 bits per heavy atom. The van der Waals surface area contributed by atoms with Crippen molar-refractivity contribution >= 4 is 5.97 Å². The molecule has 8 heteroatoms. The Labute approximate surface area is 135 Å². The van der Waals surface area contributed by atoms with Crippen LogP contribution < -0.4 is 5.73 Å². The van der Waals surface area contributed by atoms with Gasteiger partial charge >= 0.3 is 5.97 Å². The lowest BCUT2D eigenvalue weighted by atomic mass is 10.0. The van der Waals surface area contributed by atoms with Crippen LogP contribution in [0.3, 0.4) is 0 Å². The summed E-state index contributed by atoms with van der Waals surface area (Å²) in [6, 6.07) is 7.98. The number of nitrogens with two attached hydrogens (primary N) is 1. The number of aliphatic hydroxyl groups excluding tert-OH is 5. The van der Waals surface area contributed by atoms with Crippen LogP contribution in [0.25, 0.3) is 0 Å². The summed E-state index contributed by atoms with van der Waals surface area (Å²) in [6.07, 6.45) is -6.69. The van der Waals surface area contributed by atoms with E-state index in [-0.39, 0.29) is 6.42 Å². The third-order valence-corrected chi connectivity index (χ3v) is 3.29. The summed E-state index contributed by atoms with van der Waals surface area (Å²) in [5, 5.41) is 46.6. The van der Waals surface area contributed by atoms with Gasteiger partial charge in [0.1, 0.15) is 38.5 Å². The first-order valence-electron chi connectivity index (χ1n) is 7.61. The zero-order chi connectivity index (χ0) is 18.1. The van der Waals surface area contributed by atoms with Gasteiger partial charge in [0.05, 0.1) is 6.61 Å². The van der Waals surface area contributed by atoms with Gasteiger partial charge in [0.2, 0.25) is 0 Å². The Hall–Kier alpha value is -1.55. The van der Waals surface area contributed by atoms with Crippen LogP contribution in [0.2, 0.25) is 1.41 Å². The first-order valence-corrected chi connectivity index (χ1v) is 7.11. The Balaban J connectivity index is 2.50. The number of carbonyl (C=O) groups excluding carboxylic acids is 1. The van der Waals surface area contributed by atoms with Gasteiger partial charge in [-0.25, -0.2) is 0 Å². The number of hydrogen-bond acceptors (Lipinski definition) is 8. The van der Waals surface area contributed by atoms with Crippen molar-refractivity contribution in [1.82, 2.24) is 0 Å². The maximum Gasteiger partial charge on any atom is 0.323 e. The number of aliphatic hydroxyl groups is 5. The standard InChI is InChI=1S/C15H23NO7/c16-10(6-9-4-2-1-3-5-9)15(22)23-8-12(19)14(21)13(20)11(18)7-17/h1-5,10-14,17-21H,6-8,16H2/t10-,11+,12+,13+,14+/m0/s1/i/hD. The highest BCUT2D eigenvalue weighted by molar-refractivity contribution is 5.75. The molecular formula is C15H23NO7. The summed E-state index contributed by atoms with van der Waals surface area (Å²) in [6.45, 7) is -1.44. The van der Waals surface area contributed by atoms with Gasteiger partial charge in [0.25, 0.3) is 0 Å². The molecule has 0 saturated heterocycles. The highest BCUT2D eigenvalue weighted by atomic mass is 16.5. The van der Waals surface area contributed by atoms with Crippen LogP contribution in [-0.2, 0) is 16.0 Å². The van der Waals surface area contributed by atoms with Crippen molar-refractivity contribution in [2.24, 2.45) is 5.73 Å². The van der Waals surface area contributed by atoms with Crippen LogP contribution in [0.15, 0.2) is 30.3 Å². The molecule has 1 aromatic rings. The van der Waals surface area contributed by atoms with Gasteiger partial charge in [0, 0.05) is 0 Å². The zero-order valence-electron chi connectivity index (χ0n) is 13.4. The van der Waals surface area contributed by atoms with Crippen LogP contribution in [0.1, 0.15) is 5.56 Å². The van der Waals surface area contributed by atoms with Gasteiger partial charge in [-0.1, -0.05) is 30.3 Å². The highest BCUT2D eigenvalue weighted by Gasteiger charge is 2.31. The molecule has 0 aromatic heterocycles. The summed E-state index contributed by atoms with van der Waals surface area (Å²) >= 11 is 0. The van der Waals surface area contributed by atoms with E-state index >= 15 is 0 Å². The average molecular weight is 330 g/mol. The molecule has 5 atom stereocenters. The van der Waals surface area contributed by atoms with E-state index in [1.807, 2.05) is 6.07 Å². The number of rotatable bonds is 10. The normalized spacial score (nSPS) is 18.4. The van der Waals surface area contributed by atoms with Gasteiger partial charge in [-0.3, -0.25) is 4.79 Å². The maximum atomic E-state index is 11.9. The second-order valence-electron chi connectivity index (χ2n) is 5.17. The fraction of sp³-hybridized carbons (Fsp3) is 0.533. The van der Waals surface area contributed by atoms with Gasteiger partial charge in [0.15, 0.2) is 0 Å². The molecule has 0 bridgehead atoms. The number of hydrogen-bond donors (Lipinski definition) is 6. The zero-order valence-corrected chi connectivity index (χ0v) is 12.4. The molecule has 0 heterocycles. The quantitative estimate of drug-likeness (QED) is 0.258. The van der Waals surface area contributed by atoms with Crippen LogP contribution in [0.5, 0.6) is 0 Å². The minimum atomic E-state index is -1.81. The number of esters is 1. The molecule has 0 aliphatic rings.